The lowest BCUT2D eigenvalue weighted by atomic mass is 9.74. The van der Waals surface area contributed by atoms with Gasteiger partial charge in [-0.3, -0.25) is 9.59 Å². The Balaban J connectivity index is 3.10. The molecule has 0 aromatic rings. The Kier molecular flexibility index (Phi) is 2.92. The van der Waals surface area contributed by atoms with Gasteiger partial charge in [0, 0.05) is 0 Å². The van der Waals surface area contributed by atoms with E-state index in [9.17, 15) is 14.7 Å². The van der Waals surface area contributed by atoms with E-state index in [1.165, 1.54) is 6.92 Å². The largest absolute Gasteiger partial charge is 0.387 e. The number of ketones is 1. The number of Topliss-reactive ketones (excluding diaryl/α,β-unsaturated/α-hetero) is 1. The van der Waals surface area contributed by atoms with Crippen molar-refractivity contribution in [2.75, 3.05) is 0 Å². The molecule has 0 aromatic carbocycles. The second-order valence-electron chi connectivity index (χ2n) is 5.06. The zero-order valence-electron chi connectivity index (χ0n) is 9.76. The predicted octanol–water partition coefficient (Wildman–Crippen LogP) is 0.631. The molecule has 1 aliphatic rings. The molecule has 4 heteroatoms. The van der Waals surface area contributed by atoms with Crippen LogP contribution in [0.25, 0.3) is 0 Å². The standard InChI is InChI=1S/C11H19NO3/c1-7(2)5-11(8(3)13)10(4,15)6-9(14)12-11/h7,15H,5-6H2,1-4H3,(H,12,14)/t10-,11+/m1/s1. The molecule has 0 spiro atoms. The Morgan fingerprint density at radius 3 is 2.40 bits per heavy atom. The van der Waals surface area contributed by atoms with Crippen LogP contribution in [0.3, 0.4) is 0 Å². The summed E-state index contributed by atoms with van der Waals surface area (Å²) in [6.45, 7) is 6.90. The van der Waals surface area contributed by atoms with Crippen LogP contribution < -0.4 is 5.32 Å². The second kappa shape index (κ2) is 3.59. The summed E-state index contributed by atoms with van der Waals surface area (Å²) in [7, 11) is 0. The first-order valence-corrected chi connectivity index (χ1v) is 5.26. The second-order valence-corrected chi connectivity index (χ2v) is 5.06. The van der Waals surface area contributed by atoms with E-state index in [1.54, 1.807) is 6.92 Å². The topological polar surface area (TPSA) is 66.4 Å². The molecular formula is C11H19NO3. The fourth-order valence-electron chi connectivity index (χ4n) is 2.37. The maximum atomic E-state index is 11.7. The molecule has 0 bridgehead atoms. The van der Waals surface area contributed by atoms with Crippen molar-refractivity contribution in [2.45, 2.75) is 51.7 Å². The Morgan fingerprint density at radius 2 is 2.13 bits per heavy atom. The highest BCUT2D eigenvalue weighted by Crippen LogP contribution is 2.37. The van der Waals surface area contributed by atoms with Crippen molar-refractivity contribution in [1.82, 2.24) is 5.32 Å². The Hall–Kier alpha value is -0.900. The van der Waals surface area contributed by atoms with Crippen LogP contribution in [0.4, 0.5) is 0 Å². The first-order chi connectivity index (χ1) is 6.71. The van der Waals surface area contributed by atoms with Gasteiger partial charge >= 0.3 is 0 Å². The van der Waals surface area contributed by atoms with Crippen LogP contribution in [0.5, 0.6) is 0 Å². The lowest BCUT2D eigenvalue weighted by molar-refractivity contribution is -0.133. The number of rotatable bonds is 3. The zero-order chi connectivity index (χ0) is 11.9. The first-order valence-electron chi connectivity index (χ1n) is 5.26. The highest BCUT2D eigenvalue weighted by atomic mass is 16.3. The molecule has 1 rings (SSSR count). The summed E-state index contributed by atoms with van der Waals surface area (Å²) in [5, 5.41) is 12.8. The number of amides is 1. The summed E-state index contributed by atoms with van der Waals surface area (Å²) in [4.78, 5) is 23.0. The van der Waals surface area contributed by atoms with Gasteiger partial charge in [-0.25, -0.2) is 0 Å². The van der Waals surface area contributed by atoms with Crippen molar-refractivity contribution in [2.24, 2.45) is 5.92 Å². The number of aliphatic hydroxyl groups is 1. The molecule has 0 radical (unpaired) electrons. The van der Waals surface area contributed by atoms with Crippen LogP contribution >= 0.6 is 0 Å². The van der Waals surface area contributed by atoms with Crippen molar-refractivity contribution in [1.29, 1.82) is 0 Å². The van der Waals surface area contributed by atoms with Crippen LogP contribution in [-0.4, -0.2) is 27.9 Å². The summed E-state index contributed by atoms with van der Waals surface area (Å²) in [6.07, 6.45) is 0.473. The molecule has 0 unspecified atom stereocenters. The van der Waals surface area contributed by atoms with Crippen LogP contribution in [0, 0.1) is 5.92 Å². The summed E-state index contributed by atoms with van der Waals surface area (Å²) < 4.78 is 0. The summed E-state index contributed by atoms with van der Waals surface area (Å²) in [6, 6.07) is 0. The normalized spacial score (nSPS) is 35.7. The SMILES string of the molecule is CC(=O)[C@]1(CC(C)C)NC(=O)C[C@@]1(C)O. The molecule has 1 saturated heterocycles. The third-order valence-electron chi connectivity index (χ3n) is 3.09. The van der Waals surface area contributed by atoms with E-state index in [4.69, 9.17) is 0 Å². The monoisotopic (exact) mass is 213 g/mol. The van der Waals surface area contributed by atoms with E-state index < -0.39 is 11.1 Å². The lowest BCUT2D eigenvalue weighted by Crippen LogP contribution is -2.60. The maximum absolute atomic E-state index is 11.7. The quantitative estimate of drug-likeness (QED) is 0.722. The van der Waals surface area contributed by atoms with Gasteiger partial charge in [-0.15, -0.1) is 0 Å². The van der Waals surface area contributed by atoms with Gasteiger partial charge < -0.3 is 10.4 Å². The molecular weight excluding hydrogens is 194 g/mol. The first kappa shape index (κ1) is 12.2. The Labute approximate surface area is 90.0 Å². The molecule has 0 aliphatic carbocycles. The molecule has 1 amide bonds. The maximum Gasteiger partial charge on any atom is 0.223 e. The molecule has 4 nitrogen and oxygen atoms in total. The van der Waals surface area contributed by atoms with E-state index >= 15 is 0 Å². The number of hydrogen-bond acceptors (Lipinski definition) is 3. The minimum atomic E-state index is -1.28. The summed E-state index contributed by atoms with van der Waals surface area (Å²) >= 11 is 0. The third-order valence-corrected chi connectivity index (χ3v) is 3.09. The molecule has 0 aromatic heterocycles. The minimum absolute atomic E-state index is 0.000694. The van der Waals surface area contributed by atoms with Crippen molar-refractivity contribution in [3.63, 3.8) is 0 Å². The molecule has 1 heterocycles. The van der Waals surface area contributed by atoms with Gasteiger partial charge in [-0.05, 0) is 26.2 Å². The van der Waals surface area contributed by atoms with Gasteiger partial charge in [0.05, 0.1) is 6.42 Å². The number of nitrogens with one attached hydrogen (secondary N) is 1. The Bertz CT molecular complexity index is 296. The molecule has 1 fully saturated rings. The predicted molar refractivity (Wildman–Crippen MR) is 56.3 cm³/mol. The van der Waals surface area contributed by atoms with Crippen LogP contribution in [0.1, 0.15) is 40.5 Å². The van der Waals surface area contributed by atoms with Crippen LogP contribution in [0.2, 0.25) is 0 Å². The molecule has 15 heavy (non-hydrogen) atoms. The van der Waals surface area contributed by atoms with Gasteiger partial charge in [0.25, 0.3) is 0 Å². The molecule has 2 N–H and O–H groups in total. The van der Waals surface area contributed by atoms with E-state index in [2.05, 4.69) is 5.32 Å². The fraction of sp³-hybridized carbons (Fsp3) is 0.818. The summed E-state index contributed by atoms with van der Waals surface area (Å²) in [5.41, 5.74) is -2.38. The van der Waals surface area contributed by atoms with Gasteiger partial charge in [-0.1, -0.05) is 13.8 Å². The fourth-order valence-corrected chi connectivity index (χ4v) is 2.37. The third kappa shape index (κ3) is 1.91. The summed E-state index contributed by atoms with van der Waals surface area (Å²) in [5.74, 6) is -0.193. The molecule has 2 atom stereocenters. The lowest BCUT2D eigenvalue weighted by Gasteiger charge is -2.38. The van der Waals surface area contributed by atoms with Gasteiger partial charge in [-0.2, -0.15) is 0 Å². The van der Waals surface area contributed by atoms with Gasteiger partial charge in [0.1, 0.15) is 11.1 Å². The highest BCUT2D eigenvalue weighted by molar-refractivity contribution is 5.97. The average molecular weight is 213 g/mol. The number of carbonyl (C=O) groups is 2. The molecule has 0 saturated carbocycles. The number of carbonyl (C=O) groups excluding carboxylic acids is 2. The van der Waals surface area contributed by atoms with Crippen LogP contribution in [0.15, 0.2) is 0 Å². The average Bonchev–Trinajstić information content (AvgIpc) is 2.20. The minimum Gasteiger partial charge on any atom is -0.387 e. The smallest absolute Gasteiger partial charge is 0.223 e. The van der Waals surface area contributed by atoms with Crippen molar-refractivity contribution in [3.05, 3.63) is 0 Å². The van der Waals surface area contributed by atoms with Gasteiger partial charge in [0.15, 0.2) is 5.78 Å². The van der Waals surface area contributed by atoms with Crippen LogP contribution in [-0.2, 0) is 9.59 Å². The van der Waals surface area contributed by atoms with Crippen molar-refractivity contribution >= 4 is 11.7 Å². The highest BCUT2D eigenvalue weighted by Gasteiger charge is 2.57. The molecule has 1 aliphatic heterocycles. The Morgan fingerprint density at radius 1 is 1.60 bits per heavy atom. The van der Waals surface area contributed by atoms with E-state index in [1.807, 2.05) is 13.8 Å². The van der Waals surface area contributed by atoms with E-state index in [0.29, 0.717) is 6.42 Å². The van der Waals surface area contributed by atoms with E-state index in [0.717, 1.165) is 0 Å². The number of hydrogen-bond donors (Lipinski definition) is 2. The zero-order valence-corrected chi connectivity index (χ0v) is 9.76. The molecule has 86 valence electrons. The van der Waals surface area contributed by atoms with Crippen molar-refractivity contribution < 1.29 is 14.7 Å². The van der Waals surface area contributed by atoms with Crippen molar-refractivity contribution in [3.8, 4) is 0 Å². The van der Waals surface area contributed by atoms with E-state index in [-0.39, 0.29) is 24.0 Å². The van der Waals surface area contributed by atoms with Gasteiger partial charge in [0.2, 0.25) is 5.91 Å².